The molecule has 4 heteroatoms. The topological polar surface area (TPSA) is 46.9 Å². The molecule has 3 fully saturated rings. The number of hydrogen-bond acceptors (Lipinski definition) is 2. The standard InChI is InChI=1S/C22H27N3O/c1-14-18-11-16(22(18,2)3)12-19(14)24-21(26)17-13-23-25(4)20(17)10-15-8-6-5-7-9-15/h5-9,13,16,18-19H,1,10-12H2,2-4H3,(H,24,26)/t16-,18+,19?/m1/s1. The molecule has 0 spiro atoms. The first-order valence-corrected chi connectivity index (χ1v) is 9.42. The number of fused-ring (bicyclic) bond motifs is 2. The van der Waals surface area contributed by atoms with Gasteiger partial charge in [0, 0.05) is 13.5 Å². The lowest BCUT2D eigenvalue weighted by Crippen LogP contribution is -2.57. The maximum atomic E-state index is 13.0. The minimum atomic E-state index is -0.0331. The van der Waals surface area contributed by atoms with Crippen molar-refractivity contribution in [3.05, 3.63) is 65.5 Å². The summed E-state index contributed by atoms with van der Waals surface area (Å²) in [6.45, 7) is 8.97. The van der Waals surface area contributed by atoms with Gasteiger partial charge in [-0.3, -0.25) is 9.48 Å². The first-order chi connectivity index (χ1) is 12.4. The summed E-state index contributed by atoms with van der Waals surface area (Å²) in [4.78, 5) is 13.0. The summed E-state index contributed by atoms with van der Waals surface area (Å²) in [7, 11) is 1.90. The van der Waals surface area contributed by atoms with E-state index in [2.05, 4.69) is 43.0 Å². The van der Waals surface area contributed by atoms with Gasteiger partial charge in [-0.1, -0.05) is 56.3 Å². The zero-order valence-electron chi connectivity index (χ0n) is 15.8. The molecule has 3 aliphatic rings. The Bertz CT molecular complexity index is 850. The van der Waals surface area contributed by atoms with Gasteiger partial charge in [-0.25, -0.2) is 0 Å². The van der Waals surface area contributed by atoms with E-state index in [0.717, 1.165) is 12.1 Å². The van der Waals surface area contributed by atoms with Crippen molar-refractivity contribution in [2.45, 2.75) is 39.2 Å². The summed E-state index contributed by atoms with van der Waals surface area (Å²) in [5.41, 5.74) is 4.32. The average Bonchev–Trinajstić information content (AvgIpc) is 2.98. The van der Waals surface area contributed by atoms with Gasteiger partial charge in [0.25, 0.3) is 5.91 Å². The van der Waals surface area contributed by atoms with E-state index >= 15 is 0 Å². The van der Waals surface area contributed by atoms with Gasteiger partial charge >= 0.3 is 0 Å². The van der Waals surface area contributed by atoms with Crippen molar-refractivity contribution in [2.75, 3.05) is 0 Å². The number of nitrogens with zero attached hydrogens (tertiary/aromatic N) is 2. The molecule has 0 radical (unpaired) electrons. The molecule has 1 amide bonds. The largest absolute Gasteiger partial charge is 0.345 e. The van der Waals surface area contributed by atoms with E-state index in [1.54, 1.807) is 10.9 Å². The SMILES string of the molecule is C=C1C(NC(=O)c2cnn(C)c2Cc2ccccc2)C[C@H]2C[C@@H]1C2(C)C. The van der Waals surface area contributed by atoms with Gasteiger partial charge in [0.05, 0.1) is 23.5 Å². The number of aryl methyl sites for hydroxylation is 1. The molecular weight excluding hydrogens is 322 g/mol. The van der Waals surface area contributed by atoms with Crippen molar-refractivity contribution in [2.24, 2.45) is 24.3 Å². The van der Waals surface area contributed by atoms with E-state index < -0.39 is 0 Å². The highest BCUT2D eigenvalue weighted by Gasteiger charge is 2.54. The van der Waals surface area contributed by atoms with Crippen molar-refractivity contribution in [1.82, 2.24) is 15.1 Å². The Morgan fingerprint density at radius 3 is 2.69 bits per heavy atom. The predicted octanol–water partition coefficient (Wildman–Crippen LogP) is 3.73. The maximum Gasteiger partial charge on any atom is 0.255 e. The number of nitrogens with one attached hydrogen (secondary N) is 1. The van der Waals surface area contributed by atoms with Crippen molar-refractivity contribution in [3.63, 3.8) is 0 Å². The Kier molecular flexibility index (Phi) is 4.02. The molecule has 1 heterocycles. The van der Waals surface area contributed by atoms with Crippen molar-refractivity contribution < 1.29 is 4.79 Å². The van der Waals surface area contributed by atoms with Crippen LogP contribution in [0.4, 0.5) is 0 Å². The van der Waals surface area contributed by atoms with Crippen molar-refractivity contribution in [3.8, 4) is 0 Å². The molecule has 1 aromatic carbocycles. The fraction of sp³-hybridized carbons (Fsp3) is 0.455. The van der Waals surface area contributed by atoms with Crippen LogP contribution in [-0.4, -0.2) is 21.7 Å². The number of carbonyl (C=O) groups excluding carboxylic acids is 1. The monoisotopic (exact) mass is 349 g/mol. The van der Waals surface area contributed by atoms with Crippen LogP contribution in [0.15, 0.2) is 48.7 Å². The van der Waals surface area contributed by atoms with E-state index in [1.165, 1.54) is 17.6 Å². The van der Waals surface area contributed by atoms with Crippen LogP contribution < -0.4 is 5.32 Å². The van der Waals surface area contributed by atoms with Gasteiger partial charge in [0.2, 0.25) is 0 Å². The van der Waals surface area contributed by atoms with E-state index in [0.29, 0.717) is 29.2 Å². The van der Waals surface area contributed by atoms with Crippen LogP contribution in [0.1, 0.15) is 48.3 Å². The first-order valence-electron chi connectivity index (χ1n) is 9.42. The van der Waals surface area contributed by atoms with Gasteiger partial charge in [-0.05, 0) is 35.7 Å². The van der Waals surface area contributed by atoms with Gasteiger partial charge in [-0.15, -0.1) is 0 Å². The molecule has 1 unspecified atom stereocenters. The Morgan fingerprint density at radius 1 is 1.31 bits per heavy atom. The number of aromatic nitrogens is 2. The second kappa shape index (κ2) is 6.11. The van der Waals surface area contributed by atoms with Gasteiger partial charge in [0.15, 0.2) is 0 Å². The molecule has 4 nitrogen and oxygen atoms in total. The third-order valence-corrected chi connectivity index (χ3v) is 6.71. The van der Waals surface area contributed by atoms with Crippen LogP contribution in [0.5, 0.6) is 0 Å². The highest BCUT2D eigenvalue weighted by Crippen LogP contribution is 2.60. The lowest BCUT2D eigenvalue weighted by atomic mass is 9.46. The molecule has 2 bridgehead atoms. The van der Waals surface area contributed by atoms with Crippen LogP contribution in [0.3, 0.4) is 0 Å². The molecule has 0 aliphatic heterocycles. The van der Waals surface area contributed by atoms with Crippen LogP contribution in [0, 0.1) is 17.3 Å². The Hall–Kier alpha value is -2.36. The van der Waals surface area contributed by atoms with Crippen LogP contribution >= 0.6 is 0 Å². The number of rotatable bonds is 4. The smallest absolute Gasteiger partial charge is 0.255 e. The third kappa shape index (κ3) is 2.68. The number of amides is 1. The van der Waals surface area contributed by atoms with Crippen molar-refractivity contribution >= 4 is 5.91 Å². The third-order valence-electron chi connectivity index (χ3n) is 6.71. The lowest BCUT2D eigenvalue weighted by Gasteiger charge is -2.60. The zero-order chi connectivity index (χ0) is 18.5. The molecular formula is C22H27N3O. The number of carbonyl (C=O) groups is 1. The van der Waals surface area contributed by atoms with E-state index in [-0.39, 0.29) is 11.9 Å². The Balaban J connectivity index is 1.50. The summed E-state index contributed by atoms with van der Waals surface area (Å²) in [6, 6.07) is 10.3. The minimum absolute atomic E-state index is 0.0331. The fourth-order valence-corrected chi connectivity index (χ4v) is 4.76. The van der Waals surface area contributed by atoms with E-state index in [4.69, 9.17) is 0 Å². The van der Waals surface area contributed by atoms with E-state index in [9.17, 15) is 4.79 Å². The average molecular weight is 349 g/mol. The quantitative estimate of drug-likeness (QED) is 0.855. The predicted molar refractivity (Wildman–Crippen MR) is 103 cm³/mol. The highest BCUT2D eigenvalue weighted by molar-refractivity contribution is 5.95. The van der Waals surface area contributed by atoms with Crippen LogP contribution in [0.2, 0.25) is 0 Å². The summed E-state index contributed by atoms with van der Waals surface area (Å²) in [5.74, 6) is 1.18. The van der Waals surface area contributed by atoms with Gasteiger partial charge in [0.1, 0.15) is 0 Å². The minimum Gasteiger partial charge on any atom is -0.345 e. The number of benzene rings is 1. The summed E-state index contributed by atoms with van der Waals surface area (Å²) in [6.07, 6.45) is 4.61. The van der Waals surface area contributed by atoms with Gasteiger partial charge < -0.3 is 5.32 Å². The van der Waals surface area contributed by atoms with E-state index in [1.807, 2.05) is 25.2 Å². The summed E-state index contributed by atoms with van der Waals surface area (Å²) in [5, 5.41) is 7.56. The molecule has 1 aromatic heterocycles. The normalized spacial score (nSPS) is 26.3. The first kappa shape index (κ1) is 17.1. The zero-order valence-corrected chi connectivity index (χ0v) is 15.8. The Morgan fingerprint density at radius 2 is 2.04 bits per heavy atom. The molecule has 5 rings (SSSR count). The molecule has 3 atom stereocenters. The maximum absolute atomic E-state index is 13.0. The van der Waals surface area contributed by atoms with Crippen molar-refractivity contribution in [1.29, 1.82) is 0 Å². The molecule has 0 saturated heterocycles. The summed E-state index contributed by atoms with van der Waals surface area (Å²) >= 11 is 0. The highest BCUT2D eigenvalue weighted by atomic mass is 16.1. The fourth-order valence-electron chi connectivity index (χ4n) is 4.76. The number of hydrogen-bond donors (Lipinski definition) is 1. The van der Waals surface area contributed by atoms with Crippen LogP contribution in [-0.2, 0) is 13.5 Å². The molecule has 2 aromatic rings. The molecule has 3 saturated carbocycles. The lowest BCUT2D eigenvalue weighted by molar-refractivity contribution is -0.0374. The Labute approximate surface area is 155 Å². The second-order valence-corrected chi connectivity index (χ2v) is 8.43. The molecule has 1 N–H and O–H groups in total. The van der Waals surface area contributed by atoms with Gasteiger partial charge in [-0.2, -0.15) is 5.10 Å². The molecule has 3 aliphatic carbocycles. The second-order valence-electron chi connectivity index (χ2n) is 8.43. The molecule has 26 heavy (non-hydrogen) atoms. The molecule has 136 valence electrons. The van der Waals surface area contributed by atoms with Crippen LogP contribution in [0.25, 0.3) is 0 Å². The summed E-state index contributed by atoms with van der Waals surface area (Å²) < 4.78 is 1.80.